The lowest BCUT2D eigenvalue weighted by molar-refractivity contribution is 0.411. The van der Waals surface area contributed by atoms with Gasteiger partial charge < -0.3 is 4.74 Å². The third kappa shape index (κ3) is 3.89. The summed E-state index contributed by atoms with van der Waals surface area (Å²) in [5.74, 6) is 0.759. The predicted molar refractivity (Wildman–Crippen MR) is 73.1 cm³/mol. The first kappa shape index (κ1) is 14.3. The van der Waals surface area contributed by atoms with Gasteiger partial charge in [-0.25, -0.2) is 8.42 Å². The molecule has 0 fully saturated rings. The van der Waals surface area contributed by atoms with Crippen LogP contribution in [-0.2, 0) is 10.0 Å². The zero-order valence-electron chi connectivity index (χ0n) is 10.1. The zero-order valence-corrected chi connectivity index (χ0v) is 12.5. The van der Waals surface area contributed by atoms with Gasteiger partial charge in [-0.1, -0.05) is 22.9 Å². The van der Waals surface area contributed by atoms with E-state index < -0.39 is 10.0 Å². The standard InChI is InChI=1S/C11H16BrNO3S/c1-4-5-17(14,15)13-10-6-9(12)7-11(16-3)8(10)2/h6-7,13H,4-5H2,1-3H3. The van der Waals surface area contributed by atoms with Crippen molar-refractivity contribution in [2.24, 2.45) is 0 Å². The lowest BCUT2D eigenvalue weighted by Crippen LogP contribution is -2.17. The quantitative estimate of drug-likeness (QED) is 0.907. The summed E-state index contributed by atoms with van der Waals surface area (Å²) >= 11 is 3.32. The average Bonchev–Trinajstić information content (AvgIpc) is 2.22. The van der Waals surface area contributed by atoms with Gasteiger partial charge in [-0.15, -0.1) is 0 Å². The van der Waals surface area contributed by atoms with Crippen molar-refractivity contribution in [2.75, 3.05) is 17.6 Å². The summed E-state index contributed by atoms with van der Waals surface area (Å²) in [4.78, 5) is 0. The van der Waals surface area contributed by atoms with Gasteiger partial charge >= 0.3 is 0 Å². The molecule has 4 nitrogen and oxygen atoms in total. The summed E-state index contributed by atoms with van der Waals surface area (Å²) in [7, 11) is -1.72. The van der Waals surface area contributed by atoms with Gasteiger partial charge in [0.05, 0.1) is 18.6 Å². The van der Waals surface area contributed by atoms with Crippen LogP contribution in [0, 0.1) is 6.92 Å². The minimum Gasteiger partial charge on any atom is -0.496 e. The first-order chi connectivity index (χ1) is 7.89. The minimum absolute atomic E-state index is 0.112. The molecule has 0 aliphatic rings. The Kier molecular flexibility index (Phi) is 4.82. The molecule has 1 aromatic rings. The fraction of sp³-hybridized carbons (Fsp3) is 0.455. The van der Waals surface area contributed by atoms with Crippen LogP contribution in [0.5, 0.6) is 5.75 Å². The van der Waals surface area contributed by atoms with Crippen molar-refractivity contribution >= 4 is 31.6 Å². The van der Waals surface area contributed by atoms with E-state index in [1.165, 1.54) is 0 Å². The Morgan fingerprint density at radius 1 is 1.41 bits per heavy atom. The maximum absolute atomic E-state index is 11.7. The molecule has 0 aromatic heterocycles. The van der Waals surface area contributed by atoms with Crippen molar-refractivity contribution in [3.05, 3.63) is 22.2 Å². The Bertz CT molecular complexity index is 500. The molecule has 0 heterocycles. The van der Waals surface area contributed by atoms with E-state index in [0.717, 1.165) is 10.0 Å². The Hall–Kier alpha value is -0.750. The van der Waals surface area contributed by atoms with Gasteiger partial charge in [0.2, 0.25) is 10.0 Å². The fourth-order valence-electron chi connectivity index (χ4n) is 1.46. The molecule has 17 heavy (non-hydrogen) atoms. The van der Waals surface area contributed by atoms with Crippen LogP contribution in [0.25, 0.3) is 0 Å². The van der Waals surface area contributed by atoms with Crippen LogP contribution in [-0.4, -0.2) is 21.3 Å². The molecule has 0 aliphatic carbocycles. The molecule has 1 rings (SSSR count). The van der Waals surface area contributed by atoms with Gasteiger partial charge in [0.1, 0.15) is 5.75 Å². The number of benzene rings is 1. The van der Waals surface area contributed by atoms with E-state index in [1.54, 1.807) is 19.2 Å². The Labute approximate surface area is 111 Å². The SMILES string of the molecule is CCCS(=O)(=O)Nc1cc(Br)cc(OC)c1C. The van der Waals surface area contributed by atoms with Crippen LogP contribution >= 0.6 is 15.9 Å². The molecule has 0 unspecified atom stereocenters. The van der Waals surface area contributed by atoms with Crippen molar-refractivity contribution < 1.29 is 13.2 Å². The maximum Gasteiger partial charge on any atom is 0.232 e. The average molecular weight is 322 g/mol. The van der Waals surface area contributed by atoms with Gasteiger partial charge in [-0.3, -0.25) is 4.72 Å². The molecule has 6 heteroatoms. The van der Waals surface area contributed by atoms with Crippen molar-refractivity contribution in [3.8, 4) is 5.75 Å². The second kappa shape index (κ2) is 5.73. The fourth-order valence-corrected chi connectivity index (χ4v) is 3.08. The Morgan fingerprint density at radius 3 is 2.59 bits per heavy atom. The topological polar surface area (TPSA) is 55.4 Å². The van der Waals surface area contributed by atoms with Crippen molar-refractivity contribution in [3.63, 3.8) is 0 Å². The smallest absolute Gasteiger partial charge is 0.232 e. The van der Waals surface area contributed by atoms with Crippen LogP contribution in [0.2, 0.25) is 0 Å². The number of hydrogen-bond donors (Lipinski definition) is 1. The molecule has 96 valence electrons. The summed E-state index contributed by atoms with van der Waals surface area (Å²) in [5, 5.41) is 0. The molecule has 0 saturated heterocycles. The van der Waals surface area contributed by atoms with E-state index in [-0.39, 0.29) is 5.75 Å². The third-order valence-corrected chi connectivity index (χ3v) is 4.22. The van der Waals surface area contributed by atoms with E-state index in [2.05, 4.69) is 20.7 Å². The number of methoxy groups -OCH3 is 1. The zero-order chi connectivity index (χ0) is 13.1. The van der Waals surface area contributed by atoms with Gasteiger partial charge in [0.25, 0.3) is 0 Å². The third-order valence-electron chi connectivity index (χ3n) is 2.28. The molecule has 0 spiro atoms. The first-order valence-corrected chi connectivity index (χ1v) is 7.68. The highest BCUT2D eigenvalue weighted by Crippen LogP contribution is 2.30. The Morgan fingerprint density at radius 2 is 2.06 bits per heavy atom. The highest BCUT2D eigenvalue weighted by molar-refractivity contribution is 9.10. The highest BCUT2D eigenvalue weighted by Gasteiger charge is 2.13. The van der Waals surface area contributed by atoms with E-state index in [9.17, 15) is 8.42 Å². The van der Waals surface area contributed by atoms with Crippen molar-refractivity contribution in [1.29, 1.82) is 0 Å². The van der Waals surface area contributed by atoms with E-state index >= 15 is 0 Å². The van der Waals surface area contributed by atoms with Crippen LogP contribution in [0.1, 0.15) is 18.9 Å². The molecule has 0 amide bonds. The molecule has 0 atom stereocenters. The molecule has 0 bridgehead atoms. The second-order valence-electron chi connectivity index (χ2n) is 3.70. The largest absolute Gasteiger partial charge is 0.496 e. The molecular formula is C11H16BrNO3S. The predicted octanol–water partition coefficient (Wildman–Crippen LogP) is 2.92. The number of hydrogen-bond acceptors (Lipinski definition) is 3. The minimum atomic E-state index is -3.28. The number of nitrogens with one attached hydrogen (secondary N) is 1. The summed E-state index contributed by atoms with van der Waals surface area (Å²) in [6.07, 6.45) is 0.583. The molecule has 1 aromatic carbocycles. The summed E-state index contributed by atoms with van der Waals surface area (Å²) < 4.78 is 31.9. The summed E-state index contributed by atoms with van der Waals surface area (Å²) in [6, 6.07) is 3.53. The van der Waals surface area contributed by atoms with Gasteiger partial charge in [-0.05, 0) is 25.5 Å². The normalized spacial score (nSPS) is 11.3. The molecule has 1 N–H and O–H groups in total. The van der Waals surface area contributed by atoms with Crippen LogP contribution in [0.15, 0.2) is 16.6 Å². The van der Waals surface area contributed by atoms with Crippen molar-refractivity contribution in [1.82, 2.24) is 0 Å². The van der Waals surface area contributed by atoms with Crippen LogP contribution in [0.3, 0.4) is 0 Å². The molecular weight excluding hydrogens is 306 g/mol. The van der Waals surface area contributed by atoms with E-state index in [0.29, 0.717) is 17.9 Å². The number of ether oxygens (including phenoxy) is 1. The second-order valence-corrected chi connectivity index (χ2v) is 6.46. The first-order valence-electron chi connectivity index (χ1n) is 5.24. The van der Waals surface area contributed by atoms with Gasteiger partial charge in [0.15, 0.2) is 0 Å². The lowest BCUT2D eigenvalue weighted by Gasteiger charge is -2.13. The molecule has 0 aliphatic heterocycles. The van der Waals surface area contributed by atoms with E-state index in [1.807, 2.05) is 13.8 Å². The number of anilines is 1. The van der Waals surface area contributed by atoms with Crippen molar-refractivity contribution in [2.45, 2.75) is 20.3 Å². The number of sulfonamides is 1. The van der Waals surface area contributed by atoms with Gasteiger partial charge in [0, 0.05) is 10.0 Å². The summed E-state index contributed by atoms with van der Waals surface area (Å²) in [6.45, 7) is 3.64. The number of rotatable bonds is 5. The number of halogens is 1. The van der Waals surface area contributed by atoms with Crippen LogP contribution < -0.4 is 9.46 Å². The molecule has 0 radical (unpaired) electrons. The lowest BCUT2D eigenvalue weighted by atomic mass is 10.2. The van der Waals surface area contributed by atoms with E-state index in [4.69, 9.17) is 4.74 Å². The summed E-state index contributed by atoms with van der Waals surface area (Å²) in [5.41, 5.74) is 1.32. The molecule has 0 saturated carbocycles. The monoisotopic (exact) mass is 321 g/mol. The van der Waals surface area contributed by atoms with Crippen LogP contribution in [0.4, 0.5) is 5.69 Å². The van der Waals surface area contributed by atoms with Gasteiger partial charge in [-0.2, -0.15) is 0 Å². The highest BCUT2D eigenvalue weighted by atomic mass is 79.9. The maximum atomic E-state index is 11.7. The Balaban J connectivity index is 3.11.